The van der Waals surface area contributed by atoms with Gasteiger partial charge < -0.3 is 5.32 Å². The summed E-state index contributed by atoms with van der Waals surface area (Å²) in [6, 6.07) is 0. The summed E-state index contributed by atoms with van der Waals surface area (Å²) in [5.74, 6) is 0.00236. The molecule has 1 amide bonds. The van der Waals surface area contributed by atoms with Crippen LogP contribution in [0.25, 0.3) is 0 Å². The minimum Gasteiger partial charge on any atom is -0.341 e. The largest absolute Gasteiger partial charge is 0.341 e. The molecule has 1 aromatic heterocycles. The maximum Gasteiger partial charge on any atom is 0.225 e. The number of amides is 1. The van der Waals surface area contributed by atoms with Gasteiger partial charge in [-0.25, -0.2) is 0 Å². The van der Waals surface area contributed by atoms with Gasteiger partial charge in [-0.3, -0.25) is 14.4 Å². The normalized spacial score (nSPS) is 12.8. The molecule has 1 heterocycles. The van der Waals surface area contributed by atoms with E-state index in [-0.39, 0.29) is 12.1 Å². The maximum absolute atomic E-state index is 11.8. The Bertz CT molecular complexity index is 389. The summed E-state index contributed by atoms with van der Waals surface area (Å²) in [7, 11) is 3.85. The van der Waals surface area contributed by atoms with Crippen LogP contribution in [0.2, 0.25) is 0 Å². The molecule has 1 atom stereocenters. The van der Waals surface area contributed by atoms with Crippen LogP contribution < -0.4 is 5.32 Å². The van der Waals surface area contributed by atoms with Crippen molar-refractivity contribution in [3.05, 3.63) is 16.4 Å². The number of carbonyl (C=O) groups is 1. The van der Waals surface area contributed by atoms with Gasteiger partial charge in [-0.05, 0) is 43.9 Å². The van der Waals surface area contributed by atoms with Crippen molar-refractivity contribution in [2.45, 2.75) is 33.0 Å². The van der Waals surface area contributed by atoms with Gasteiger partial charge in [-0.1, -0.05) is 0 Å². The minimum atomic E-state index is 0.00236. The molecule has 0 saturated carbocycles. The Morgan fingerprint density at radius 2 is 2.29 bits per heavy atom. The lowest BCUT2D eigenvalue weighted by molar-refractivity contribution is -0.122. The van der Waals surface area contributed by atoms with Crippen LogP contribution in [0, 0.1) is 0 Å². The van der Waals surface area contributed by atoms with E-state index in [1.807, 2.05) is 37.5 Å². The smallest absolute Gasteiger partial charge is 0.225 e. The molecular weight excluding hydrogens is 284 g/mol. The van der Waals surface area contributed by atoms with Crippen LogP contribution >= 0.6 is 15.9 Å². The highest BCUT2D eigenvalue weighted by molar-refractivity contribution is 9.10. The third-order valence-electron chi connectivity index (χ3n) is 2.64. The Balaban J connectivity index is 2.59. The molecule has 0 spiro atoms. The number of rotatable bonds is 5. The fourth-order valence-electron chi connectivity index (χ4n) is 1.33. The standard InChI is InChI=1S/C11H19BrN4O/c1-5-16-11(12)9(7-13-16)6-10(17)14-8(2)15(3)4/h7-8H,5-6H2,1-4H3,(H,14,17). The molecule has 0 aliphatic rings. The SMILES string of the molecule is CCn1ncc(CC(=O)NC(C)N(C)C)c1Br. The molecule has 1 rings (SSSR count). The second-order valence-electron chi connectivity index (χ2n) is 4.16. The molecule has 6 heteroatoms. The molecule has 0 radical (unpaired) electrons. The van der Waals surface area contributed by atoms with Gasteiger partial charge in [0.05, 0.1) is 18.8 Å². The van der Waals surface area contributed by atoms with Gasteiger partial charge in [0.2, 0.25) is 5.91 Å². The van der Waals surface area contributed by atoms with Gasteiger partial charge in [-0.15, -0.1) is 0 Å². The molecule has 1 unspecified atom stereocenters. The quantitative estimate of drug-likeness (QED) is 0.833. The van der Waals surface area contributed by atoms with E-state index < -0.39 is 0 Å². The van der Waals surface area contributed by atoms with Gasteiger partial charge in [0, 0.05) is 12.1 Å². The predicted octanol–water partition coefficient (Wildman–Crippen LogP) is 1.23. The van der Waals surface area contributed by atoms with Gasteiger partial charge in [0.1, 0.15) is 4.60 Å². The van der Waals surface area contributed by atoms with Gasteiger partial charge >= 0.3 is 0 Å². The number of nitrogens with one attached hydrogen (secondary N) is 1. The van der Waals surface area contributed by atoms with E-state index in [4.69, 9.17) is 0 Å². The fraction of sp³-hybridized carbons (Fsp3) is 0.636. The zero-order valence-electron chi connectivity index (χ0n) is 10.7. The minimum absolute atomic E-state index is 0.00236. The van der Waals surface area contributed by atoms with E-state index in [1.54, 1.807) is 6.20 Å². The number of aryl methyl sites for hydroxylation is 1. The van der Waals surface area contributed by atoms with Crippen molar-refractivity contribution in [1.29, 1.82) is 0 Å². The number of hydrogen-bond donors (Lipinski definition) is 1. The highest BCUT2D eigenvalue weighted by Gasteiger charge is 2.13. The first-order valence-electron chi connectivity index (χ1n) is 5.61. The maximum atomic E-state index is 11.8. The van der Waals surface area contributed by atoms with E-state index in [1.165, 1.54) is 0 Å². The first-order chi connectivity index (χ1) is 7.95. The molecule has 1 N–H and O–H groups in total. The van der Waals surface area contributed by atoms with Crippen LogP contribution in [-0.2, 0) is 17.8 Å². The van der Waals surface area contributed by atoms with Crippen LogP contribution in [0.5, 0.6) is 0 Å². The van der Waals surface area contributed by atoms with Crippen molar-refractivity contribution in [3.63, 3.8) is 0 Å². The zero-order chi connectivity index (χ0) is 13.0. The summed E-state index contributed by atoms with van der Waals surface area (Å²) < 4.78 is 2.70. The number of halogens is 1. The van der Waals surface area contributed by atoms with Crippen molar-refractivity contribution in [3.8, 4) is 0 Å². The first kappa shape index (κ1) is 14.2. The molecule has 0 aliphatic carbocycles. The van der Waals surface area contributed by atoms with Crippen LogP contribution in [0.15, 0.2) is 10.8 Å². The zero-order valence-corrected chi connectivity index (χ0v) is 12.3. The van der Waals surface area contributed by atoms with E-state index in [2.05, 4.69) is 26.3 Å². The molecule has 1 aromatic rings. The Labute approximate surface area is 110 Å². The lowest BCUT2D eigenvalue weighted by Crippen LogP contribution is -2.42. The first-order valence-corrected chi connectivity index (χ1v) is 6.41. The van der Waals surface area contributed by atoms with Crippen LogP contribution in [0.1, 0.15) is 19.4 Å². The summed E-state index contributed by atoms with van der Waals surface area (Å²) >= 11 is 3.45. The molecule has 0 fully saturated rings. The van der Waals surface area contributed by atoms with Crippen LogP contribution in [0.4, 0.5) is 0 Å². The number of carbonyl (C=O) groups excluding carboxylic acids is 1. The second-order valence-corrected chi connectivity index (χ2v) is 4.91. The van der Waals surface area contributed by atoms with Crippen molar-refractivity contribution in [2.24, 2.45) is 0 Å². The molecule has 96 valence electrons. The van der Waals surface area contributed by atoms with E-state index >= 15 is 0 Å². The third-order valence-corrected chi connectivity index (χ3v) is 3.56. The monoisotopic (exact) mass is 302 g/mol. The molecule has 0 bridgehead atoms. The number of nitrogens with zero attached hydrogens (tertiary/aromatic N) is 3. The molecule has 17 heavy (non-hydrogen) atoms. The lowest BCUT2D eigenvalue weighted by Gasteiger charge is -2.20. The highest BCUT2D eigenvalue weighted by Crippen LogP contribution is 2.16. The Hall–Kier alpha value is -0.880. The summed E-state index contributed by atoms with van der Waals surface area (Å²) in [6.45, 7) is 4.74. The molecular formula is C11H19BrN4O. The Kier molecular flexibility index (Phi) is 5.14. The van der Waals surface area contributed by atoms with E-state index in [0.29, 0.717) is 6.42 Å². The summed E-state index contributed by atoms with van der Waals surface area (Å²) in [5.41, 5.74) is 0.912. The third kappa shape index (κ3) is 3.81. The highest BCUT2D eigenvalue weighted by atomic mass is 79.9. The molecule has 0 aromatic carbocycles. The fourth-order valence-corrected chi connectivity index (χ4v) is 1.92. The lowest BCUT2D eigenvalue weighted by atomic mass is 10.2. The van der Waals surface area contributed by atoms with Crippen LogP contribution in [0.3, 0.4) is 0 Å². The van der Waals surface area contributed by atoms with Crippen molar-refractivity contribution >= 4 is 21.8 Å². The van der Waals surface area contributed by atoms with Crippen molar-refractivity contribution in [2.75, 3.05) is 14.1 Å². The average molecular weight is 303 g/mol. The topological polar surface area (TPSA) is 50.2 Å². The summed E-state index contributed by atoms with van der Waals surface area (Å²) in [5, 5.41) is 7.09. The van der Waals surface area contributed by atoms with Gasteiger partial charge in [0.15, 0.2) is 0 Å². The van der Waals surface area contributed by atoms with E-state index in [0.717, 1.165) is 16.7 Å². The van der Waals surface area contributed by atoms with Crippen molar-refractivity contribution in [1.82, 2.24) is 20.0 Å². The molecule has 5 nitrogen and oxygen atoms in total. The second kappa shape index (κ2) is 6.16. The van der Waals surface area contributed by atoms with Crippen molar-refractivity contribution < 1.29 is 4.79 Å². The Morgan fingerprint density at radius 3 is 2.76 bits per heavy atom. The van der Waals surface area contributed by atoms with Gasteiger partial charge in [0.25, 0.3) is 0 Å². The number of hydrogen-bond acceptors (Lipinski definition) is 3. The predicted molar refractivity (Wildman–Crippen MR) is 70.6 cm³/mol. The van der Waals surface area contributed by atoms with E-state index in [9.17, 15) is 4.79 Å². The molecule has 0 aliphatic heterocycles. The molecule has 0 saturated heterocycles. The van der Waals surface area contributed by atoms with Crippen LogP contribution in [-0.4, -0.2) is 40.8 Å². The summed E-state index contributed by atoms with van der Waals surface area (Å²) in [6.07, 6.45) is 2.11. The average Bonchev–Trinajstić information content (AvgIpc) is 2.59. The Morgan fingerprint density at radius 1 is 1.65 bits per heavy atom. The summed E-state index contributed by atoms with van der Waals surface area (Å²) in [4.78, 5) is 13.7. The van der Waals surface area contributed by atoms with Gasteiger partial charge in [-0.2, -0.15) is 5.10 Å². The number of aromatic nitrogens is 2.